The van der Waals surface area contributed by atoms with Crippen molar-refractivity contribution < 1.29 is 27.1 Å². The van der Waals surface area contributed by atoms with Crippen LogP contribution in [0.5, 0.6) is 0 Å². The first-order chi connectivity index (χ1) is 6.99. The van der Waals surface area contributed by atoms with Crippen LogP contribution in [0.2, 0.25) is 0 Å². The van der Waals surface area contributed by atoms with E-state index in [-0.39, 0.29) is 0 Å². The SMILES string of the molecule is COC(=O)c1c(F)ccc(S(=O)O)c1F. The Labute approximate surface area is 86.1 Å². The van der Waals surface area contributed by atoms with E-state index in [1.54, 1.807) is 0 Å². The van der Waals surface area contributed by atoms with Crippen LogP contribution in [0.3, 0.4) is 0 Å². The van der Waals surface area contributed by atoms with Crippen LogP contribution in [0.1, 0.15) is 10.4 Å². The van der Waals surface area contributed by atoms with Gasteiger partial charge in [0.25, 0.3) is 0 Å². The molecule has 0 radical (unpaired) electrons. The Kier molecular flexibility index (Phi) is 3.48. The van der Waals surface area contributed by atoms with Crippen LogP contribution in [0.25, 0.3) is 0 Å². The summed E-state index contributed by atoms with van der Waals surface area (Å²) in [6, 6.07) is 1.51. The van der Waals surface area contributed by atoms with Crippen molar-refractivity contribution in [2.75, 3.05) is 7.11 Å². The number of hydrogen-bond acceptors (Lipinski definition) is 3. The van der Waals surface area contributed by atoms with E-state index < -0.39 is 39.1 Å². The molecule has 7 heteroatoms. The molecule has 1 aromatic rings. The van der Waals surface area contributed by atoms with Crippen molar-refractivity contribution in [1.82, 2.24) is 0 Å². The molecule has 0 amide bonds. The third kappa shape index (κ3) is 2.18. The number of hydrogen-bond donors (Lipinski definition) is 1. The lowest BCUT2D eigenvalue weighted by Crippen LogP contribution is -2.10. The van der Waals surface area contributed by atoms with Gasteiger partial charge in [-0.25, -0.2) is 17.8 Å². The first-order valence-electron chi connectivity index (χ1n) is 3.66. The van der Waals surface area contributed by atoms with E-state index in [0.717, 1.165) is 19.2 Å². The molecule has 0 bridgehead atoms. The lowest BCUT2D eigenvalue weighted by molar-refractivity contribution is 0.0589. The molecule has 0 spiro atoms. The molecule has 1 rings (SSSR count). The second-order valence-corrected chi connectivity index (χ2v) is 3.41. The van der Waals surface area contributed by atoms with Crippen molar-refractivity contribution in [3.8, 4) is 0 Å². The summed E-state index contributed by atoms with van der Waals surface area (Å²) in [5, 5.41) is 0. The predicted octanol–water partition coefficient (Wildman–Crippen LogP) is 1.33. The smallest absolute Gasteiger partial charge is 0.343 e. The van der Waals surface area contributed by atoms with Crippen LogP contribution >= 0.6 is 0 Å². The summed E-state index contributed by atoms with van der Waals surface area (Å²) >= 11 is -2.63. The molecule has 0 aliphatic heterocycles. The predicted molar refractivity (Wildman–Crippen MR) is 46.7 cm³/mol. The Morgan fingerprint density at radius 3 is 2.53 bits per heavy atom. The minimum Gasteiger partial charge on any atom is -0.465 e. The number of rotatable bonds is 2. The van der Waals surface area contributed by atoms with Gasteiger partial charge in [0.05, 0.1) is 7.11 Å². The minimum atomic E-state index is -2.63. The summed E-state index contributed by atoms with van der Waals surface area (Å²) in [5.74, 6) is -3.77. The van der Waals surface area contributed by atoms with Gasteiger partial charge in [0.15, 0.2) is 16.9 Å². The highest BCUT2D eigenvalue weighted by Crippen LogP contribution is 2.19. The molecule has 1 aromatic carbocycles. The topological polar surface area (TPSA) is 63.6 Å². The molecule has 4 nitrogen and oxygen atoms in total. The Bertz CT molecular complexity index is 433. The number of carbonyl (C=O) groups is 1. The zero-order valence-corrected chi connectivity index (χ0v) is 8.31. The van der Waals surface area contributed by atoms with Crippen LogP contribution < -0.4 is 0 Å². The second-order valence-electron chi connectivity index (χ2n) is 2.48. The summed E-state index contributed by atoms with van der Waals surface area (Å²) in [6.45, 7) is 0. The molecule has 0 fully saturated rings. The number of carbonyl (C=O) groups excluding carboxylic acids is 1. The number of ether oxygens (including phenoxy) is 1. The molecule has 0 aliphatic rings. The van der Waals surface area contributed by atoms with Crippen molar-refractivity contribution in [2.24, 2.45) is 0 Å². The molecule has 1 unspecified atom stereocenters. The fraction of sp³-hybridized carbons (Fsp3) is 0.125. The molecule has 0 aromatic heterocycles. The highest BCUT2D eigenvalue weighted by molar-refractivity contribution is 7.79. The average molecular weight is 236 g/mol. The van der Waals surface area contributed by atoms with E-state index in [1.165, 1.54) is 0 Å². The Hall–Kier alpha value is -1.34. The molecular formula is C8H6F2O4S. The highest BCUT2D eigenvalue weighted by atomic mass is 32.2. The van der Waals surface area contributed by atoms with E-state index in [9.17, 15) is 17.8 Å². The summed E-state index contributed by atoms with van der Waals surface area (Å²) in [4.78, 5) is 10.3. The van der Waals surface area contributed by atoms with Crippen molar-refractivity contribution in [1.29, 1.82) is 0 Å². The zero-order valence-electron chi connectivity index (χ0n) is 7.49. The molecule has 1 N–H and O–H groups in total. The molecule has 15 heavy (non-hydrogen) atoms. The van der Waals surface area contributed by atoms with Gasteiger partial charge >= 0.3 is 5.97 Å². The van der Waals surface area contributed by atoms with Gasteiger partial charge in [-0.1, -0.05) is 0 Å². The molecule has 0 saturated carbocycles. The lowest BCUT2D eigenvalue weighted by Gasteiger charge is -2.04. The van der Waals surface area contributed by atoms with Crippen LogP contribution in [-0.4, -0.2) is 21.8 Å². The Morgan fingerprint density at radius 2 is 2.07 bits per heavy atom. The second kappa shape index (κ2) is 4.45. The van der Waals surface area contributed by atoms with E-state index >= 15 is 0 Å². The number of methoxy groups -OCH3 is 1. The van der Waals surface area contributed by atoms with Crippen molar-refractivity contribution in [3.63, 3.8) is 0 Å². The molecule has 82 valence electrons. The zero-order chi connectivity index (χ0) is 11.6. The largest absolute Gasteiger partial charge is 0.465 e. The summed E-state index contributed by atoms with van der Waals surface area (Å²) in [6.07, 6.45) is 0. The van der Waals surface area contributed by atoms with Gasteiger partial charge in [-0.2, -0.15) is 0 Å². The summed E-state index contributed by atoms with van der Waals surface area (Å²) < 4.78 is 49.7. The molecule has 0 heterocycles. The normalized spacial score (nSPS) is 12.3. The third-order valence-electron chi connectivity index (χ3n) is 1.63. The van der Waals surface area contributed by atoms with E-state index in [2.05, 4.69) is 4.74 Å². The van der Waals surface area contributed by atoms with E-state index in [0.29, 0.717) is 0 Å². The van der Waals surface area contributed by atoms with Gasteiger partial charge in [-0.3, -0.25) is 0 Å². The van der Waals surface area contributed by atoms with Gasteiger partial charge in [0.1, 0.15) is 16.3 Å². The van der Waals surface area contributed by atoms with E-state index in [1.807, 2.05) is 0 Å². The Balaban J connectivity index is 3.43. The van der Waals surface area contributed by atoms with Gasteiger partial charge in [-0.15, -0.1) is 0 Å². The quantitative estimate of drug-likeness (QED) is 0.621. The standard InChI is InChI=1S/C8H6F2O4S/c1-14-8(11)6-4(9)2-3-5(7(6)10)15(12)13/h2-3H,1H3,(H,12,13). The van der Waals surface area contributed by atoms with Crippen molar-refractivity contribution in [2.45, 2.75) is 4.90 Å². The highest BCUT2D eigenvalue weighted by Gasteiger charge is 2.23. The van der Waals surface area contributed by atoms with Gasteiger partial charge in [0, 0.05) is 0 Å². The van der Waals surface area contributed by atoms with Crippen LogP contribution in [-0.2, 0) is 15.8 Å². The van der Waals surface area contributed by atoms with Crippen LogP contribution in [0, 0.1) is 11.6 Å². The number of esters is 1. The summed E-state index contributed by atoms with van der Waals surface area (Å²) in [5.41, 5.74) is -0.975. The minimum absolute atomic E-state index is 0.670. The van der Waals surface area contributed by atoms with Gasteiger partial charge in [-0.05, 0) is 12.1 Å². The van der Waals surface area contributed by atoms with E-state index in [4.69, 9.17) is 4.55 Å². The maximum Gasteiger partial charge on any atom is 0.343 e. The molecule has 0 saturated heterocycles. The first-order valence-corrected chi connectivity index (χ1v) is 4.77. The first kappa shape index (κ1) is 11.7. The van der Waals surface area contributed by atoms with Gasteiger partial charge in [0.2, 0.25) is 0 Å². The molecular weight excluding hydrogens is 230 g/mol. The number of halogens is 2. The van der Waals surface area contributed by atoms with Crippen molar-refractivity contribution in [3.05, 3.63) is 29.3 Å². The molecule has 0 aliphatic carbocycles. The average Bonchev–Trinajstić information content (AvgIpc) is 2.16. The molecule has 1 atom stereocenters. The summed E-state index contributed by atoms with van der Waals surface area (Å²) in [7, 11) is 0.948. The van der Waals surface area contributed by atoms with Crippen LogP contribution in [0.4, 0.5) is 8.78 Å². The maximum atomic E-state index is 13.3. The maximum absolute atomic E-state index is 13.3. The van der Waals surface area contributed by atoms with Crippen molar-refractivity contribution >= 4 is 17.0 Å². The fourth-order valence-electron chi connectivity index (χ4n) is 0.957. The number of benzene rings is 1. The fourth-order valence-corrected chi connectivity index (χ4v) is 1.40. The monoisotopic (exact) mass is 236 g/mol. The van der Waals surface area contributed by atoms with Gasteiger partial charge < -0.3 is 9.29 Å². The Morgan fingerprint density at radius 1 is 1.47 bits per heavy atom. The third-order valence-corrected chi connectivity index (χ3v) is 2.32. The lowest BCUT2D eigenvalue weighted by atomic mass is 10.2. The van der Waals surface area contributed by atoms with Crippen LogP contribution in [0.15, 0.2) is 17.0 Å².